The fourth-order valence-electron chi connectivity index (χ4n) is 2.78. The van der Waals surface area contributed by atoms with E-state index in [4.69, 9.17) is 9.47 Å². The molecule has 0 spiro atoms. The maximum Gasteiger partial charge on any atom is 0.280 e. The first kappa shape index (κ1) is 21.8. The Morgan fingerprint density at radius 3 is 2.16 bits per heavy atom. The summed E-state index contributed by atoms with van der Waals surface area (Å²) in [5.41, 5.74) is 1.33. The van der Waals surface area contributed by atoms with E-state index in [1.807, 2.05) is 6.07 Å². The van der Waals surface area contributed by atoms with E-state index < -0.39 is 14.9 Å². The quantitative estimate of drug-likeness (QED) is 0.325. The van der Waals surface area contributed by atoms with Gasteiger partial charge < -0.3 is 9.47 Å². The van der Waals surface area contributed by atoms with Crippen molar-refractivity contribution in [2.75, 3.05) is 14.2 Å². The summed E-state index contributed by atoms with van der Waals surface area (Å²) >= 11 is 0. The first-order chi connectivity index (χ1) is 14.9. The lowest BCUT2D eigenvalue weighted by atomic mass is 10.0. The van der Waals surface area contributed by atoms with Gasteiger partial charge in [0.15, 0.2) is 0 Å². The molecule has 0 aliphatic rings. The van der Waals surface area contributed by atoms with E-state index in [1.165, 1.54) is 50.6 Å². The number of hydrogen-bond donors (Lipinski definition) is 1. The van der Waals surface area contributed by atoms with Crippen LogP contribution >= 0.6 is 0 Å². The van der Waals surface area contributed by atoms with Crippen LogP contribution in [0.5, 0.6) is 11.5 Å². The average Bonchev–Trinajstić information content (AvgIpc) is 2.79. The van der Waals surface area contributed by atoms with Gasteiger partial charge in [-0.3, -0.25) is 10.1 Å². The number of hydrazone groups is 1. The summed E-state index contributed by atoms with van der Waals surface area (Å²) in [6, 6.07) is 18.9. The molecule has 0 bridgehead atoms. The molecule has 31 heavy (non-hydrogen) atoms. The number of benzene rings is 3. The first-order valence-electron chi connectivity index (χ1n) is 8.97. The number of ether oxygens (including phenoxy) is 2. The fourth-order valence-corrected chi connectivity index (χ4v) is 3.78. The van der Waals surface area contributed by atoms with Crippen LogP contribution in [0.4, 0.5) is 5.69 Å². The zero-order valence-electron chi connectivity index (χ0n) is 16.7. The Hall–Kier alpha value is -3.92. The van der Waals surface area contributed by atoms with Crippen LogP contribution < -0.4 is 14.3 Å². The minimum absolute atomic E-state index is 0.0853. The zero-order valence-corrected chi connectivity index (χ0v) is 17.5. The molecule has 0 aliphatic heterocycles. The number of methoxy groups -OCH3 is 2. The van der Waals surface area contributed by atoms with Gasteiger partial charge in [0, 0.05) is 29.3 Å². The summed E-state index contributed by atoms with van der Waals surface area (Å²) in [4.78, 5) is 12.5. The highest BCUT2D eigenvalue weighted by molar-refractivity contribution is 7.89. The third-order valence-corrected chi connectivity index (χ3v) is 5.57. The van der Waals surface area contributed by atoms with E-state index in [0.29, 0.717) is 22.6 Å². The smallest absolute Gasteiger partial charge is 0.280 e. The lowest BCUT2D eigenvalue weighted by molar-refractivity contribution is -0.384. The Bertz CT molecular complexity index is 1210. The molecule has 0 aliphatic carbocycles. The van der Waals surface area contributed by atoms with Crippen molar-refractivity contribution in [1.29, 1.82) is 0 Å². The molecule has 0 fully saturated rings. The number of sulfonamides is 1. The van der Waals surface area contributed by atoms with E-state index in [0.717, 1.165) is 0 Å². The summed E-state index contributed by atoms with van der Waals surface area (Å²) in [6.45, 7) is 0. The van der Waals surface area contributed by atoms with Crippen LogP contribution in [0.1, 0.15) is 11.1 Å². The predicted octanol–water partition coefficient (Wildman–Crippen LogP) is 3.34. The monoisotopic (exact) mass is 441 g/mol. The van der Waals surface area contributed by atoms with Gasteiger partial charge in [-0.15, -0.1) is 0 Å². The highest BCUT2D eigenvalue weighted by atomic mass is 32.2. The van der Waals surface area contributed by atoms with Gasteiger partial charge in [0.1, 0.15) is 16.4 Å². The molecule has 1 N–H and O–H groups in total. The van der Waals surface area contributed by atoms with Crippen molar-refractivity contribution in [3.05, 3.63) is 94.0 Å². The molecule has 10 heteroatoms. The van der Waals surface area contributed by atoms with Crippen molar-refractivity contribution in [3.8, 4) is 11.5 Å². The van der Waals surface area contributed by atoms with Crippen LogP contribution in [0.3, 0.4) is 0 Å². The highest BCUT2D eigenvalue weighted by Crippen LogP contribution is 2.28. The highest BCUT2D eigenvalue weighted by Gasteiger charge is 2.21. The van der Waals surface area contributed by atoms with Crippen molar-refractivity contribution >= 4 is 21.4 Å². The van der Waals surface area contributed by atoms with E-state index >= 15 is 0 Å². The molecule has 9 nitrogen and oxygen atoms in total. The zero-order chi connectivity index (χ0) is 22.4. The molecule has 0 radical (unpaired) electrons. The Morgan fingerprint density at radius 2 is 1.58 bits per heavy atom. The normalized spacial score (nSPS) is 11.6. The Balaban J connectivity index is 2.04. The van der Waals surface area contributed by atoms with Gasteiger partial charge in [0.25, 0.3) is 15.7 Å². The number of hydrogen-bond acceptors (Lipinski definition) is 7. The molecule has 0 heterocycles. The average molecular weight is 441 g/mol. The molecule has 0 aromatic heterocycles. The van der Waals surface area contributed by atoms with Crippen molar-refractivity contribution in [1.82, 2.24) is 4.83 Å². The van der Waals surface area contributed by atoms with E-state index in [-0.39, 0.29) is 16.3 Å². The van der Waals surface area contributed by atoms with Crippen LogP contribution in [0, 0.1) is 10.1 Å². The Morgan fingerprint density at radius 1 is 0.935 bits per heavy atom. The summed E-state index contributed by atoms with van der Waals surface area (Å²) in [7, 11) is -1.34. The van der Waals surface area contributed by atoms with E-state index in [2.05, 4.69) is 9.93 Å². The van der Waals surface area contributed by atoms with Crippen LogP contribution in [0.25, 0.3) is 0 Å². The van der Waals surface area contributed by atoms with Gasteiger partial charge in [-0.1, -0.05) is 30.3 Å². The topological polar surface area (TPSA) is 120 Å². The third kappa shape index (κ3) is 4.98. The number of nitrogens with zero attached hydrogens (tertiary/aromatic N) is 2. The Labute approximate surface area is 179 Å². The van der Waals surface area contributed by atoms with Crippen molar-refractivity contribution in [3.63, 3.8) is 0 Å². The molecule has 0 saturated carbocycles. The van der Waals surface area contributed by atoms with Gasteiger partial charge in [-0.25, -0.2) is 0 Å². The van der Waals surface area contributed by atoms with Gasteiger partial charge >= 0.3 is 0 Å². The largest absolute Gasteiger partial charge is 0.497 e. The van der Waals surface area contributed by atoms with Crippen LogP contribution in [-0.4, -0.2) is 33.3 Å². The fraction of sp³-hybridized carbons (Fsp3) is 0.0952. The molecular formula is C21H19N3O6S. The van der Waals surface area contributed by atoms with Crippen molar-refractivity contribution in [2.24, 2.45) is 5.10 Å². The molecule has 3 rings (SSSR count). The SMILES string of the molecule is COc1ccc(OC)c(S(=O)(=O)NN=C(c2ccccc2)c2ccc([N+](=O)[O-])cc2)c1. The molecule has 160 valence electrons. The molecule has 0 atom stereocenters. The van der Waals surface area contributed by atoms with Crippen LogP contribution in [0.2, 0.25) is 0 Å². The number of nitro benzene ring substituents is 1. The van der Waals surface area contributed by atoms with Gasteiger partial charge in [-0.05, 0) is 24.3 Å². The summed E-state index contributed by atoms with van der Waals surface area (Å²) in [5.74, 6) is 0.462. The summed E-state index contributed by atoms with van der Waals surface area (Å²) in [6.07, 6.45) is 0. The lowest BCUT2D eigenvalue weighted by Gasteiger charge is -2.12. The minimum atomic E-state index is -4.12. The molecule has 3 aromatic rings. The maximum absolute atomic E-state index is 12.9. The second-order valence-electron chi connectivity index (χ2n) is 6.24. The molecule has 0 unspecified atom stereocenters. The maximum atomic E-state index is 12.9. The summed E-state index contributed by atoms with van der Waals surface area (Å²) < 4.78 is 36.2. The Kier molecular flexibility index (Phi) is 6.51. The van der Waals surface area contributed by atoms with Crippen LogP contribution in [-0.2, 0) is 10.0 Å². The van der Waals surface area contributed by atoms with Gasteiger partial charge in [0.2, 0.25) is 0 Å². The van der Waals surface area contributed by atoms with Crippen molar-refractivity contribution < 1.29 is 22.8 Å². The van der Waals surface area contributed by atoms with Crippen molar-refractivity contribution in [2.45, 2.75) is 4.90 Å². The van der Waals surface area contributed by atoms with Crippen LogP contribution in [0.15, 0.2) is 82.8 Å². The molecular weight excluding hydrogens is 422 g/mol. The number of rotatable bonds is 8. The third-order valence-electron chi connectivity index (χ3n) is 4.34. The number of nitrogens with one attached hydrogen (secondary N) is 1. The predicted molar refractivity (Wildman–Crippen MR) is 115 cm³/mol. The minimum Gasteiger partial charge on any atom is -0.497 e. The number of nitro groups is 1. The second-order valence-corrected chi connectivity index (χ2v) is 7.87. The van der Waals surface area contributed by atoms with E-state index in [9.17, 15) is 18.5 Å². The molecule has 0 amide bonds. The summed E-state index contributed by atoms with van der Waals surface area (Å²) in [5, 5.41) is 15.1. The lowest BCUT2D eigenvalue weighted by Crippen LogP contribution is -2.22. The van der Waals surface area contributed by atoms with Gasteiger partial charge in [-0.2, -0.15) is 18.4 Å². The van der Waals surface area contributed by atoms with Gasteiger partial charge in [0.05, 0.1) is 24.9 Å². The second kappa shape index (κ2) is 9.26. The van der Waals surface area contributed by atoms with E-state index in [1.54, 1.807) is 30.3 Å². The number of non-ortho nitro benzene ring substituents is 1. The standard InChI is InChI=1S/C21H19N3O6S/c1-29-18-12-13-19(30-2)20(14-18)31(27,28)23-22-21(15-6-4-3-5-7-15)16-8-10-17(11-9-16)24(25)26/h3-14,23H,1-2H3. The first-order valence-corrected chi connectivity index (χ1v) is 10.5. The molecule has 0 saturated heterocycles. The molecule has 3 aromatic carbocycles.